The number of nitrogens with one attached hydrogen (secondary N) is 2. The van der Waals surface area contributed by atoms with Gasteiger partial charge in [0, 0.05) is 17.7 Å². The molecule has 5 aromatic rings. The molecule has 0 unspecified atom stereocenters. The van der Waals surface area contributed by atoms with Crippen LogP contribution in [0.5, 0.6) is 11.5 Å². The summed E-state index contributed by atoms with van der Waals surface area (Å²) in [5, 5.41) is 16.3. The number of rotatable bonds is 10. The number of urea groups is 1. The second-order valence-electron chi connectivity index (χ2n) is 16.4. The summed E-state index contributed by atoms with van der Waals surface area (Å²) >= 11 is 0. The van der Waals surface area contributed by atoms with E-state index < -0.39 is 77.3 Å². The number of fused-ring (bicyclic) bond motifs is 3. The maximum Gasteiger partial charge on any atom is 0.329 e. The van der Waals surface area contributed by atoms with Crippen LogP contribution >= 0.6 is 0 Å². The fraction of sp³-hybridized carbons (Fsp3) is 0.250. The lowest BCUT2D eigenvalue weighted by atomic mass is 9.65. The van der Waals surface area contributed by atoms with Gasteiger partial charge in [0.2, 0.25) is 11.8 Å². The molecule has 2 saturated heterocycles. The molecule has 3 N–H and O–H groups in total. The van der Waals surface area contributed by atoms with Crippen LogP contribution in [0.3, 0.4) is 0 Å². The van der Waals surface area contributed by atoms with E-state index in [4.69, 9.17) is 14.2 Å². The molecule has 0 bridgehead atoms. The van der Waals surface area contributed by atoms with Crippen molar-refractivity contribution >= 4 is 35.5 Å². The van der Waals surface area contributed by atoms with Gasteiger partial charge in [-0.2, -0.15) is 0 Å². The van der Waals surface area contributed by atoms with Gasteiger partial charge in [-0.1, -0.05) is 105 Å². The smallest absolute Gasteiger partial charge is 0.329 e. The summed E-state index contributed by atoms with van der Waals surface area (Å²) in [5.74, 6) is 1.98. The topological polar surface area (TPSA) is 164 Å². The summed E-state index contributed by atoms with van der Waals surface area (Å²) in [7, 11) is 2.78. The third kappa shape index (κ3) is 7.76. The van der Waals surface area contributed by atoms with Gasteiger partial charge in [0.15, 0.2) is 0 Å². The first-order valence-corrected chi connectivity index (χ1v) is 21.2. The molecule has 0 aliphatic carbocycles. The molecule has 3 aliphatic heterocycles. The summed E-state index contributed by atoms with van der Waals surface area (Å²) in [6.07, 6.45) is 0.556. The third-order valence-corrected chi connectivity index (χ3v) is 12.4. The van der Waals surface area contributed by atoms with Gasteiger partial charge in [0.1, 0.15) is 35.1 Å². The lowest BCUT2D eigenvalue weighted by Crippen LogP contribution is -2.57. The average Bonchev–Trinajstić information content (AvgIpc) is 3.78. The Hall–Kier alpha value is -7.69. The lowest BCUT2D eigenvalue weighted by Gasteiger charge is -2.46. The molecule has 0 radical (unpaired) electrons. The number of phenolic OH excluding ortho intramolecular Hbond substituents is 1. The molecular formula is C52H48N4O9. The number of hydrogen-bond donors (Lipinski definition) is 3. The van der Waals surface area contributed by atoms with Crippen LogP contribution in [0, 0.1) is 23.7 Å². The fourth-order valence-corrected chi connectivity index (χ4v) is 9.57. The molecule has 8 rings (SSSR count). The molecule has 3 aliphatic rings. The number of carbonyl (C=O) groups excluding carboxylic acids is 5. The zero-order chi connectivity index (χ0) is 46.0. The Morgan fingerprint density at radius 2 is 1.46 bits per heavy atom. The molecule has 13 nitrogen and oxygen atoms in total. The van der Waals surface area contributed by atoms with Gasteiger partial charge >= 0.3 is 18.0 Å². The zero-order valence-electron chi connectivity index (χ0n) is 36.3. The second-order valence-corrected chi connectivity index (χ2v) is 16.4. The predicted molar refractivity (Wildman–Crippen MR) is 241 cm³/mol. The monoisotopic (exact) mass is 872 g/mol. The van der Waals surface area contributed by atoms with E-state index in [0.717, 1.165) is 10.5 Å². The first-order valence-electron chi connectivity index (χ1n) is 21.2. The highest BCUT2D eigenvalue weighted by molar-refractivity contribution is 6.25. The van der Waals surface area contributed by atoms with E-state index in [2.05, 4.69) is 29.1 Å². The van der Waals surface area contributed by atoms with Crippen LogP contribution < -0.4 is 20.3 Å². The number of nitrogens with zero attached hydrogens (tertiary/aromatic N) is 2. The van der Waals surface area contributed by atoms with E-state index >= 15 is 14.4 Å². The van der Waals surface area contributed by atoms with E-state index in [-0.39, 0.29) is 23.5 Å². The number of ether oxygens (including phenoxy) is 3. The number of esters is 2. The quantitative estimate of drug-likeness (QED) is 0.0785. The molecule has 7 atom stereocenters. The van der Waals surface area contributed by atoms with E-state index in [1.807, 2.05) is 65.6 Å². The van der Waals surface area contributed by atoms with Crippen molar-refractivity contribution in [1.29, 1.82) is 0 Å². The van der Waals surface area contributed by atoms with Gasteiger partial charge < -0.3 is 30.0 Å². The van der Waals surface area contributed by atoms with Crippen molar-refractivity contribution in [2.45, 2.75) is 49.5 Å². The third-order valence-electron chi connectivity index (χ3n) is 12.4. The first kappa shape index (κ1) is 43.9. The number of carbonyl (C=O) groups is 5. The Morgan fingerprint density at radius 1 is 0.831 bits per heavy atom. The van der Waals surface area contributed by atoms with Gasteiger partial charge in [-0.05, 0) is 82.8 Å². The molecule has 2 fully saturated rings. The van der Waals surface area contributed by atoms with Crippen LogP contribution in [0.2, 0.25) is 0 Å². The van der Waals surface area contributed by atoms with Gasteiger partial charge in [-0.15, -0.1) is 6.58 Å². The van der Waals surface area contributed by atoms with Gasteiger partial charge in [0.05, 0.1) is 37.9 Å². The normalized spacial score (nSPS) is 22.5. The van der Waals surface area contributed by atoms with Crippen LogP contribution in [0.4, 0.5) is 10.5 Å². The molecule has 65 heavy (non-hydrogen) atoms. The Balaban J connectivity index is 1.44. The Labute approximate surface area is 377 Å². The molecule has 0 aromatic heterocycles. The number of phenols is 1. The predicted octanol–water partition coefficient (Wildman–Crippen LogP) is 6.68. The molecule has 1 spiro atoms. The number of anilines is 1. The van der Waals surface area contributed by atoms with Crippen molar-refractivity contribution in [3.05, 3.63) is 173 Å². The number of amides is 4. The van der Waals surface area contributed by atoms with Crippen molar-refractivity contribution < 1.29 is 43.3 Å². The molecule has 5 aromatic carbocycles. The largest absolute Gasteiger partial charge is 0.508 e. The van der Waals surface area contributed by atoms with E-state index in [9.17, 15) is 14.7 Å². The summed E-state index contributed by atoms with van der Waals surface area (Å²) in [6.45, 7) is 7.24. The maximum absolute atomic E-state index is 16.3. The number of imide groups is 1. The number of methoxy groups -OCH3 is 2. The van der Waals surface area contributed by atoms with E-state index in [0.29, 0.717) is 28.0 Å². The molecule has 4 amide bonds. The lowest BCUT2D eigenvalue weighted by molar-refractivity contribution is -0.178. The first-order chi connectivity index (χ1) is 31.4. The van der Waals surface area contributed by atoms with Crippen molar-refractivity contribution in [3.63, 3.8) is 0 Å². The summed E-state index contributed by atoms with van der Waals surface area (Å²) in [6, 6.07) is 31.5. The Kier molecular flexibility index (Phi) is 12.3. The molecule has 3 heterocycles. The number of morpholine rings is 1. The van der Waals surface area contributed by atoms with Crippen LogP contribution in [0.1, 0.15) is 65.4 Å². The number of hydrogen-bond acceptors (Lipinski definition) is 10. The number of cyclic esters (lactones) is 1. The van der Waals surface area contributed by atoms with Gasteiger partial charge in [-0.25, -0.2) is 14.5 Å². The van der Waals surface area contributed by atoms with Crippen LogP contribution in [-0.2, 0) is 34.1 Å². The summed E-state index contributed by atoms with van der Waals surface area (Å²) in [4.78, 5) is 77.5. The highest BCUT2D eigenvalue weighted by atomic mass is 16.6. The molecule has 13 heteroatoms. The fourth-order valence-electron chi connectivity index (χ4n) is 9.57. The highest BCUT2D eigenvalue weighted by Crippen LogP contribution is 2.66. The number of aromatic hydroxyl groups is 1. The minimum absolute atomic E-state index is 0.0143. The molecular weight excluding hydrogens is 825 g/mol. The van der Waals surface area contributed by atoms with Crippen LogP contribution in [0.15, 0.2) is 140 Å². The zero-order valence-corrected chi connectivity index (χ0v) is 36.3. The summed E-state index contributed by atoms with van der Waals surface area (Å²) < 4.78 is 16.8. The minimum Gasteiger partial charge on any atom is -0.508 e. The SMILES string of the molecule is C=CCNC(=O)[C@H]1[C@@H]2C(=O)O[C@@H](c3ccccc3)[C@@H](c3ccccc3)N2[C@@H](c2ccc(O)cc2)[C@]12C(=O)N(C(=O)N[C@H](C(=O)OC)C(C)C)c1ccc(C#Cc3ccc(OC)cc3)cc12. The van der Waals surface area contributed by atoms with Crippen LogP contribution in [-0.4, -0.2) is 72.6 Å². The van der Waals surface area contributed by atoms with Crippen molar-refractivity contribution in [1.82, 2.24) is 15.5 Å². The highest BCUT2D eigenvalue weighted by Gasteiger charge is 2.75. The van der Waals surface area contributed by atoms with Crippen molar-refractivity contribution in [2.24, 2.45) is 11.8 Å². The molecule has 330 valence electrons. The Bertz CT molecular complexity index is 2700. The van der Waals surface area contributed by atoms with Crippen molar-refractivity contribution in [3.8, 4) is 23.3 Å². The Morgan fingerprint density at radius 3 is 2.08 bits per heavy atom. The van der Waals surface area contributed by atoms with Crippen molar-refractivity contribution in [2.75, 3.05) is 25.7 Å². The van der Waals surface area contributed by atoms with E-state index in [1.165, 1.54) is 25.3 Å². The maximum atomic E-state index is 16.3. The van der Waals surface area contributed by atoms with Crippen LogP contribution in [0.25, 0.3) is 0 Å². The van der Waals surface area contributed by atoms with E-state index in [1.54, 1.807) is 75.6 Å². The average molecular weight is 873 g/mol. The van der Waals surface area contributed by atoms with Gasteiger partial charge in [-0.3, -0.25) is 19.3 Å². The standard InChI is InChI=1S/C52H48N4O9/c1-6-29-53-47(58)41-44-49(60)65-45(35-15-11-8-12-16-35)43(34-13-9-7-10-14-34)56(44)46(36-22-24-37(57)25-23-36)52(41)39-30-33(18-17-32-19-26-38(63-4)27-20-32)21-28-40(39)55(50(52)61)51(62)54-42(31(2)3)48(59)64-5/h6-16,19-28,30-31,41-46,57H,1,29H2,2-5H3,(H,53,58)(H,54,62)/t41-,42+,43-,44-,45+,46+,52-/m1/s1. The summed E-state index contributed by atoms with van der Waals surface area (Å²) in [5.41, 5.74) is 1.24. The van der Waals surface area contributed by atoms with Gasteiger partial charge in [0.25, 0.3) is 0 Å². The minimum atomic E-state index is -2.08. The molecule has 0 saturated carbocycles. The second kappa shape index (κ2) is 18.2. The number of benzene rings is 5.